The molecule has 1 aromatic carbocycles. The second kappa shape index (κ2) is 10.7. The number of primary amides is 1. The summed E-state index contributed by atoms with van der Waals surface area (Å²) in [5.41, 5.74) is 3.98. The summed E-state index contributed by atoms with van der Waals surface area (Å²) in [6, 6.07) is 2.51. The molecule has 0 aromatic heterocycles. The lowest BCUT2D eigenvalue weighted by Gasteiger charge is -2.51. The second-order valence-corrected chi connectivity index (χ2v) is 11.1. The second-order valence-electron chi connectivity index (χ2n) is 11.1. The van der Waals surface area contributed by atoms with Crippen molar-refractivity contribution in [3.8, 4) is 5.75 Å². The number of anilines is 1. The number of rotatable bonds is 8. The van der Waals surface area contributed by atoms with Gasteiger partial charge in [-0.2, -0.15) is 0 Å². The van der Waals surface area contributed by atoms with E-state index >= 15 is 0 Å². The molecule has 3 aliphatic rings. The van der Waals surface area contributed by atoms with Crippen LogP contribution in [0.5, 0.6) is 5.75 Å². The van der Waals surface area contributed by atoms with Crippen molar-refractivity contribution in [2.24, 2.45) is 17.6 Å². The first-order valence-corrected chi connectivity index (χ1v) is 13.4. The van der Waals surface area contributed by atoms with Crippen molar-refractivity contribution in [1.82, 2.24) is 4.90 Å². The van der Waals surface area contributed by atoms with E-state index in [-0.39, 0.29) is 17.6 Å². The molecule has 0 aliphatic heterocycles. The highest BCUT2D eigenvalue weighted by atomic mass is 16.6. The monoisotopic (exact) mass is 555 g/mol. The van der Waals surface area contributed by atoms with Gasteiger partial charge in [-0.15, -0.1) is 0 Å². The van der Waals surface area contributed by atoms with Gasteiger partial charge in [0.15, 0.2) is 22.9 Å². The largest absolute Gasteiger partial charge is 0.508 e. The predicted molar refractivity (Wildman–Crippen MR) is 146 cm³/mol. The number of amides is 1. The predicted octanol–water partition coefficient (Wildman–Crippen LogP) is 1.67. The molecular formula is C29H37N3O8. The van der Waals surface area contributed by atoms with Crippen LogP contribution < -0.4 is 15.4 Å². The summed E-state index contributed by atoms with van der Waals surface area (Å²) >= 11 is 0. The van der Waals surface area contributed by atoms with Crippen molar-refractivity contribution in [2.45, 2.75) is 51.2 Å². The Labute approximate surface area is 233 Å². The standard InChI is InChI=1S/C29H37N3O8/c1-7-8-11-39-19-10-9-18(31(3)4)16-12-15-13-17-23(32(5)6)25(35)22(28(30)37)26(36)29(17,38)27(40-14(2)33)20(15)24(34)21(16)19/h9-10,15,17,23,36,38H,7-8,11-13H2,1-6H3,(H2,30,37)/t15-,17-,23?,29+/m0/s1. The first-order chi connectivity index (χ1) is 18.8. The summed E-state index contributed by atoms with van der Waals surface area (Å²) in [6.07, 6.45) is 2.08. The molecule has 1 amide bonds. The molecule has 4 rings (SSSR count). The number of hydrogen-bond acceptors (Lipinski definition) is 10. The number of ketones is 2. The Balaban J connectivity index is 2.04. The molecule has 0 fully saturated rings. The van der Waals surface area contributed by atoms with E-state index in [1.54, 1.807) is 20.2 Å². The van der Waals surface area contributed by atoms with Gasteiger partial charge in [-0.1, -0.05) is 13.3 Å². The highest BCUT2D eigenvalue weighted by molar-refractivity contribution is 6.22. The number of nitrogens with two attached hydrogens (primary N) is 1. The number of fused-ring (bicyclic) bond motifs is 3. The van der Waals surface area contributed by atoms with Crippen LogP contribution in [0.1, 0.15) is 49.0 Å². The van der Waals surface area contributed by atoms with Crippen LogP contribution in [-0.2, 0) is 25.5 Å². The zero-order valence-electron chi connectivity index (χ0n) is 23.7. The maximum Gasteiger partial charge on any atom is 0.307 e. The number of likely N-dealkylation sites (N-methyl/N-ethyl adjacent to an activating group) is 1. The van der Waals surface area contributed by atoms with E-state index in [0.717, 1.165) is 31.0 Å². The highest BCUT2D eigenvalue weighted by Gasteiger charge is 2.63. The van der Waals surface area contributed by atoms with Gasteiger partial charge < -0.3 is 30.3 Å². The molecule has 4 atom stereocenters. The van der Waals surface area contributed by atoms with Gasteiger partial charge in [0.2, 0.25) is 0 Å². The third-order valence-corrected chi connectivity index (χ3v) is 8.03. The molecule has 0 bridgehead atoms. The van der Waals surface area contributed by atoms with E-state index in [4.69, 9.17) is 15.2 Å². The summed E-state index contributed by atoms with van der Waals surface area (Å²) in [7, 11) is 6.92. The number of carbonyl (C=O) groups is 4. The van der Waals surface area contributed by atoms with Crippen LogP contribution in [0.15, 0.2) is 34.8 Å². The minimum absolute atomic E-state index is 0.0000712. The number of esters is 1. The summed E-state index contributed by atoms with van der Waals surface area (Å²) in [6.45, 7) is 3.52. The van der Waals surface area contributed by atoms with Gasteiger partial charge in [0.25, 0.3) is 5.91 Å². The topological polar surface area (TPSA) is 160 Å². The molecule has 0 radical (unpaired) electrons. The zero-order chi connectivity index (χ0) is 29.7. The van der Waals surface area contributed by atoms with Gasteiger partial charge in [-0.25, -0.2) is 0 Å². The normalized spacial score (nSPS) is 25.9. The lowest BCUT2D eigenvalue weighted by molar-refractivity contribution is -0.148. The van der Waals surface area contributed by atoms with E-state index in [1.165, 1.54) is 4.90 Å². The fourth-order valence-electron chi connectivity index (χ4n) is 6.33. The molecular weight excluding hydrogens is 518 g/mol. The van der Waals surface area contributed by atoms with Crippen molar-refractivity contribution in [1.29, 1.82) is 0 Å². The lowest BCUT2D eigenvalue weighted by Crippen LogP contribution is -2.63. The number of aliphatic hydroxyl groups is 2. The number of allylic oxidation sites excluding steroid dienone is 1. The number of carbonyl (C=O) groups excluding carboxylic acids is 4. The van der Waals surface area contributed by atoms with E-state index in [0.29, 0.717) is 18.8 Å². The smallest absolute Gasteiger partial charge is 0.307 e. The number of hydrogen-bond donors (Lipinski definition) is 3. The van der Waals surface area contributed by atoms with Crippen LogP contribution in [0.25, 0.3) is 0 Å². The SMILES string of the molecule is CCCCOc1ccc(N(C)C)c2c1C(=O)C1=C(OC(C)=O)[C@]3(O)C(O)=C(C(N)=O)C(=O)C(N(C)C)[C@@H]3C[C@@H]1C2. The Bertz CT molecular complexity index is 1340. The van der Waals surface area contributed by atoms with Crippen LogP contribution in [0.2, 0.25) is 0 Å². The summed E-state index contributed by atoms with van der Waals surface area (Å²) in [5, 5.41) is 23.4. The average molecular weight is 556 g/mol. The number of benzene rings is 1. The van der Waals surface area contributed by atoms with Gasteiger partial charge in [-0.05, 0) is 57.0 Å². The van der Waals surface area contributed by atoms with Gasteiger partial charge in [0, 0.05) is 38.2 Å². The van der Waals surface area contributed by atoms with Gasteiger partial charge in [0.1, 0.15) is 17.1 Å². The molecule has 0 saturated heterocycles. The summed E-state index contributed by atoms with van der Waals surface area (Å²) in [5.74, 6) is -6.11. The fourth-order valence-corrected chi connectivity index (χ4v) is 6.33. The molecule has 4 N–H and O–H groups in total. The Morgan fingerprint density at radius 2 is 1.85 bits per heavy atom. The fraction of sp³-hybridized carbons (Fsp3) is 0.517. The van der Waals surface area contributed by atoms with E-state index in [2.05, 4.69) is 0 Å². The minimum Gasteiger partial charge on any atom is -0.508 e. The molecule has 3 aliphatic carbocycles. The number of unbranched alkanes of at least 4 members (excludes halogenated alkanes) is 1. The van der Waals surface area contributed by atoms with E-state index in [1.807, 2.05) is 32.0 Å². The molecule has 0 spiro atoms. The average Bonchev–Trinajstić information content (AvgIpc) is 2.85. The number of aliphatic hydroxyl groups excluding tert-OH is 1. The number of Topliss-reactive ketones (excluding diaryl/α,β-unsaturated/α-hetero) is 2. The highest BCUT2D eigenvalue weighted by Crippen LogP contribution is 2.54. The van der Waals surface area contributed by atoms with Crippen LogP contribution in [0.3, 0.4) is 0 Å². The molecule has 0 saturated carbocycles. The maximum absolute atomic E-state index is 14.4. The zero-order valence-corrected chi connectivity index (χ0v) is 23.7. The Kier molecular flexibility index (Phi) is 7.83. The first kappa shape index (κ1) is 29.3. The van der Waals surface area contributed by atoms with Crippen LogP contribution in [-0.4, -0.2) is 85.0 Å². The molecule has 11 nitrogen and oxygen atoms in total. The molecule has 1 unspecified atom stereocenters. The Morgan fingerprint density at radius 1 is 1.18 bits per heavy atom. The molecule has 11 heteroatoms. The number of ether oxygens (including phenoxy) is 2. The van der Waals surface area contributed by atoms with Gasteiger partial charge in [-0.3, -0.25) is 24.1 Å². The van der Waals surface area contributed by atoms with Crippen LogP contribution in [0.4, 0.5) is 5.69 Å². The minimum atomic E-state index is -2.53. The summed E-state index contributed by atoms with van der Waals surface area (Å²) in [4.78, 5) is 55.9. The van der Waals surface area contributed by atoms with Crippen LogP contribution in [0, 0.1) is 11.8 Å². The van der Waals surface area contributed by atoms with Crippen LogP contribution >= 0.6 is 0 Å². The summed E-state index contributed by atoms with van der Waals surface area (Å²) < 4.78 is 11.5. The van der Waals surface area contributed by atoms with E-state index in [9.17, 15) is 29.4 Å². The molecule has 40 heavy (non-hydrogen) atoms. The van der Waals surface area contributed by atoms with Gasteiger partial charge >= 0.3 is 5.97 Å². The van der Waals surface area contributed by atoms with Crippen molar-refractivity contribution in [3.63, 3.8) is 0 Å². The molecule has 216 valence electrons. The Morgan fingerprint density at radius 3 is 2.40 bits per heavy atom. The third-order valence-electron chi connectivity index (χ3n) is 8.03. The number of nitrogens with zero attached hydrogens (tertiary/aromatic N) is 2. The van der Waals surface area contributed by atoms with Crippen molar-refractivity contribution in [2.75, 3.05) is 39.7 Å². The molecule has 0 heterocycles. The van der Waals surface area contributed by atoms with E-state index < -0.39 is 64.0 Å². The van der Waals surface area contributed by atoms with Gasteiger partial charge in [0.05, 0.1) is 18.2 Å². The molecule has 1 aromatic rings. The quantitative estimate of drug-likeness (QED) is 0.245. The Hall–Kier alpha value is -3.70. The third kappa shape index (κ3) is 4.46. The maximum atomic E-state index is 14.4. The first-order valence-electron chi connectivity index (χ1n) is 13.4. The van der Waals surface area contributed by atoms with Crippen molar-refractivity contribution in [3.05, 3.63) is 45.9 Å². The lowest BCUT2D eigenvalue weighted by atomic mass is 9.59. The van der Waals surface area contributed by atoms with Crippen molar-refractivity contribution < 1.29 is 38.9 Å². The van der Waals surface area contributed by atoms with Crippen molar-refractivity contribution >= 4 is 29.1 Å².